The van der Waals surface area contributed by atoms with Gasteiger partial charge in [-0.15, -0.1) is 11.3 Å². The van der Waals surface area contributed by atoms with Crippen molar-refractivity contribution < 1.29 is 9.59 Å². The zero-order valence-corrected chi connectivity index (χ0v) is 11.3. The Labute approximate surface area is 110 Å². The van der Waals surface area contributed by atoms with Crippen LogP contribution in [-0.2, 0) is 9.59 Å². The molecular formula is C13H16N2O2S. The molecule has 96 valence electrons. The topological polar surface area (TPSA) is 59.1 Å². The zero-order chi connectivity index (χ0) is 13.3. The fraction of sp³-hybridized carbons (Fsp3) is 0.462. The van der Waals surface area contributed by atoms with Crippen molar-refractivity contribution >= 4 is 28.0 Å². The molecule has 0 unspecified atom stereocenters. The number of nitrogens with zero attached hydrogens (tertiary/aromatic N) is 1. The normalized spacial score (nSPS) is 19.9. The van der Waals surface area contributed by atoms with Crippen LogP contribution in [0, 0.1) is 5.41 Å². The first-order chi connectivity index (χ1) is 8.43. The maximum absolute atomic E-state index is 12.1. The molecule has 0 aromatic carbocycles. The Kier molecular flexibility index (Phi) is 3.34. The molecule has 1 fully saturated rings. The van der Waals surface area contributed by atoms with E-state index in [-0.39, 0.29) is 17.0 Å². The number of Topliss-reactive ketones (excluding diaryl/α,β-unsaturated/α-hetero) is 2. The van der Waals surface area contributed by atoms with Gasteiger partial charge in [0.25, 0.3) is 0 Å². The first-order valence-electron chi connectivity index (χ1n) is 5.81. The fourth-order valence-corrected chi connectivity index (χ4v) is 3.02. The summed E-state index contributed by atoms with van der Waals surface area (Å²) < 4.78 is 0. The molecule has 0 atom stereocenters. The van der Waals surface area contributed by atoms with Gasteiger partial charge >= 0.3 is 0 Å². The molecule has 0 radical (unpaired) electrons. The Morgan fingerprint density at radius 2 is 2.06 bits per heavy atom. The number of carbonyl (C=O) groups excluding carboxylic acids is 2. The highest BCUT2D eigenvalue weighted by Gasteiger charge is 2.41. The lowest BCUT2D eigenvalue weighted by Gasteiger charge is -2.31. The van der Waals surface area contributed by atoms with Crippen LogP contribution in [0.25, 0.3) is 0 Å². The van der Waals surface area contributed by atoms with Crippen molar-refractivity contribution in [3.8, 4) is 0 Å². The Morgan fingerprint density at radius 3 is 2.61 bits per heavy atom. The largest absolute Gasteiger partial charge is 0.339 e. The van der Waals surface area contributed by atoms with Gasteiger partial charge in [-0.1, -0.05) is 20.4 Å². The van der Waals surface area contributed by atoms with Gasteiger partial charge in [-0.3, -0.25) is 9.59 Å². The molecule has 1 aliphatic rings. The molecule has 0 aliphatic heterocycles. The minimum absolute atomic E-state index is 0.0216. The van der Waals surface area contributed by atoms with Crippen molar-refractivity contribution in [3.63, 3.8) is 0 Å². The molecule has 1 aliphatic carbocycles. The second-order valence-electron chi connectivity index (χ2n) is 5.31. The molecule has 1 N–H and O–H groups in total. The molecule has 0 bridgehead atoms. The number of ketones is 2. The summed E-state index contributed by atoms with van der Waals surface area (Å²) >= 11 is 1.37. The third-order valence-corrected chi connectivity index (χ3v) is 3.78. The summed E-state index contributed by atoms with van der Waals surface area (Å²) in [5.41, 5.74) is 0.345. The van der Waals surface area contributed by atoms with E-state index >= 15 is 0 Å². The molecule has 1 aromatic rings. The van der Waals surface area contributed by atoms with E-state index in [1.807, 2.05) is 13.8 Å². The number of hydrogen-bond donors (Lipinski definition) is 1. The molecule has 0 saturated heterocycles. The van der Waals surface area contributed by atoms with E-state index in [2.05, 4.69) is 16.9 Å². The van der Waals surface area contributed by atoms with Gasteiger partial charge in [-0.05, 0) is 11.6 Å². The van der Waals surface area contributed by atoms with E-state index in [0.29, 0.717) is 23.7 Å². The van der Waals surface area contributed by atoms with Crippen LogP contribution in [0.4, 0.5) is 5.13 Å². The van der Waals surface area contributed by atoms with Crippen LogP contribution in [0.1, 0.15) is 38.3 Å². The van der Waals surface area contributed by atoms with E-state index in [0.717, 1.165) is 0 Å². The van der Waals surface area contributed by atoms with E-state index in [4.69, 9.17) is 0 Å². The average Bonchev–Trinajstić information content (AvgIpc) is 2.63. The summed E-state index contributed by atoms with van der Waals surface area (Å²) in [6, 6.07) is 0. The van der Waals surface area contributed by atoms with Crippen molar-refractivity contribution in [3.05, 3.63) is 23.9 Å². The van der Waals surface area contributed by atoms with Crippen molar-refractivity contribution in [1.29, 1.82) is 0 Å². The van der Waals surface area contributed by atoms with Gasteiger partial charge in [-0.25, -0.2) is 4.98 Å². The van der Waals surface area contributed by atoms with Crippen LogP contribution in [0.3, 0.4) is 0 Å². The first-order valence-corrected chi connectivity index (χ1v) is 6.69. The smallest absolute Gasteiger partial charge is 0.186 e. The highest BCUT2D eigenvalue weighted by Crippen LogP contribution is 2.38. The molecule has 1 aromatic heterocycles. The number of carbonyl (C=O) groups is 2. The van der Waals surface area contributed by atoms with Crippen LogP contribution in [0.15, 0.2) is 18.2 Å². The van der Waals surface area contributed by atoms with Gasteiger partial charge in [0.2, 0.25) is 0 Å². The summed E-state index contributed by atoms with van der Waals surface area (Å²) in [6.45, 7) is 7.45. The standard InChI is InChI=1S/C13H16N2O2S/c1-4-14-12-15-8(7-18-12)11-9(16)5-13(2,3)6-10(11)17/h4,7,11H,1,5-6H2,2-3H3,(H,14,15). The van der Waals surface area contributed by atoms with E-state index in [1.54, 1.807) is 5.38 Å². The molecule has 1 heterocycles. The van der Waals surface area contributed by atoms with Crippen molar-refractivity contribution in [2.75, 3.05) is 5.32 Å². The fourth-order valence-electron chi connectivity index (χ4n) is 2.29. The predicted molar refractivity (Wildman–Crippen MR) is 71.7 cm³/mol. The maximum atomic E-state index is 12.1. The summed E-state index contributed by atoms with van der Waals surface area (Å²) in [5.74, 6) is -0.715. The SMILES string of the molecule is C=CNc1nc(C2C(=O)CC(C)(C)CC2=O)cs1. The lowest BCUT2D eigenvalue weighted by molar-refractivity contribution is -0.135. The Bertz CT molecular complexity index is 485. The number of nitrogens with one attached hydrogen (secondary N) is 1. The van der Waals surface area contributed by atoms with Crippen LogP contribution < -0.4 is 5.32 Å². The Hall–Kier alpha value is -1.49. The zero-order valence-electron chi connectivity index (χ0n) is 10.5. The number of anilines is 1. The molecule has 5 heteroatoms. The monoisotopic (exact) mass is 264 g/mol. The van der Waals surface area contributed by atoms with Gasteiger partial charge < -0.3 is 5.32 Å². The third kappa shape index (κ3) is 2.51. The van der Waals surface area contributed by atoms with Crippen LogP contribution in [-0.4, -0.2) is 16.6 Å². The molecule has 4 nitrogen and oxygen atoms in total. The van der Waals surface area contributed by atoms with Gasteiger partial charge in [0, 0.05) is 18.2 Å². The number of thiazole rings is 1. The van der Waals surface area contributed by atoms with Crippen molar-refractivity contribution in [1.82, 2.24) is 4.98 Å². The minimum Gasteiger partial charge on any atom is -0.339 e. The number of hydrogen-bond acceptors (Lipinski definition) is 5. The van der Waals surface area contributed by atoms with Crippen LogP contribution in [0.5, 0.6) is 0 Å². The van der Waals surface area contributed by atoms with Crippen molar-refractivity contribution in [2.24, 2.45) is 5.41 Å². The van der Waals surface area contributed by atoms with Crippen LogP contribution in [0.2, 0.25) is 0 Å². The predicted octanol–water partition coefficient (Wildman–Crippen LogP) is 2.74. The number of aromatic nitrogens is 1. The van der Waals surface area contributed by atoms with Gasteiger partial charge in [-0.2, -0.15) is 0 Å². The second-order valence-corrected chi connectivity index (χ2v) is 6.17. The van der Waals surface area contributed by atoms with E-state index in [9.17, 15) is 9.59 Å². The average molecular weight is 264 g/mol. The second kappa shape index (κ2) is 4.65. The molecular weight excluding hydrogens is 248 g/mol. The van der Waals surface area contributed by atoms with E-state index in [1.165, 1.54) is 17.5 Å². The van der Waals surface area contributed by atoms with Crippen molar-refractivity contribution in [2.45, 2.75) is 32.6 Å². The lowest BCUT2D eigenvalue weighted by Crippen LogP contribution is -2.36. The van der Waals surface area contributed by atoms with E-state index < -0.39 is 5.92 Å². The molecule has 0 amide bonds. The van der Waals surface area contributed by atoms with Crippen LogP contribution >= 0.6 is 11.3 Å². The maximum Gasteiger partial charge on any atom is 0.186 e. The summed E-state index contributed by atoms with van der Waals surface area (Å²) in [6.07, 6.45) is 2.40. The Morgan fingerprint density at radius 1 is 1.44 bits per heavy atom. The summed E-state index contributed by atoms with van der Waals surface area (Å²) in [5, 5.41) is 5.29. The van der Waals surface area contributed by atoms with Gasteiger partial charge in [0.15, 0.2) is 5.13 Å². The van der Waals surface area contributed by atoms with Gasteiger partial charge in [0.1, 0.15) is 17.5 Å². The quantitative estimate of drug-likeness (QED) is 0.853. The third-order valence-electron chi connectivity index (χ3n) is 2.99. The summed E-state index contributed by atoms with van der Waals surface area (Å²) in [7, 11) is 0. The molecule has 0 spiro atoms. The lowest BCUT2D eigenvalue weighted by atomic mass is 9.71. The minimum atomic E-state index is -0.672. The summed E-state index contributed by atoms with van der Waals surface area (Å²) in [4.78, 5) is 28.4. The Balaban J connectivity index is 2.24. The van der Waals surface area contributed by atoms with Gasteiger partial charge in [0.05, 0.1) is 5.69 Å². The highest BCUT2D eigenvalue weighted by atomic mass is 32.1. The molecule has 18 heavy (non-hydrogen) atoms. The number of rotatable bonds is 3. The highest BCUT2D eigenvalue weighted by molar-refractivity contribution is 7.13. The molecule has 1 saturated carbocycles. The molecule has 2 rings (SSSR count). The first kappa shape index (κ1) is 13.0.